The van der Waals surface area contributed by atoms with Gasteiger partial charge in [0.1, 0.15) is 0 Å². The number of hydrogen-bond acceptors (Lipinski definition) is 3. The van der Waals surface area contributed by atoms with E-state index in [1.807, 2.05) is 0 Å². The Morgan fingerprint density at radius 3 is 2.61 bits per heavy atom. The standard InChI is InChI=1S/C15H28N2O/c1-17(8-2-4-15-5-3-9-18-15)14-10-12-6-7-13(11-14)16-12/h12-16H,2-11H2,1H3. The molecule has 18 heavy (non-hydrogen) atoms. The largest absolute Gasteiger partial charge is 0.378 e. The first-order valence-corrected chi connectivity index (χ1v) is 7.89. The van der Waals surface area contributed by atoms with Crippen molar-refractivity contribution in [2.75, 3.05) is 20.2 Å². The summed E-state index contributed by atoms with van der Waals surface area (Å²) in [5, 5.41) is 3.73. The van der Waals surface area contributed by atoms with Crippen LogP contribution in [-0.2, 0) is 4.74 Å². The van der Waals surface area contributed by atoms with E-state index in [0.29, 0.717) is 6.10 Å². The minimum absolute atomic E-state index is 0.572. The molecule has 0 spiro atoms. The number of fused-ring (bicyclic) bond motifs is 2. The lowest BCUT2D eigenvalue weighted by atomic mass is 9.98. The summed E-state index contributed by atoms with van der Waals surface area (Å²) in [6, 6.07) is 2.46. The second kappa shape index (κ2) is 5.89. The highest BCUT2D eigenvalue weighted by molar-refractivity contribution is 4.95. The van der Waals surface area contributed by atoms with Gasteiger partial charge in [-0.05, 0) is 65.0 Å². The Balaban J connectivity index is 1.37. The predicted octanol–water partition coefficient (Wildman–Crippen LogP) is 2.16. The van der Waals surface area contributed by atoms with E-state index in [-0.39, 0.29) is 0 Å². The summed E-state index contributed by atoms with van der Waals surface area (Å²) in [7, 11) is 2.32. The van der Waals surface area contributed by atoms with Gasteiger partial charge in [0.05, 0.1) is 6.10 Å². The Morgan fingerprint density at radius 2 is 1.94 bits per heavy atom. The molecule has 3 heteroatoms. The van der Waals surface area contributed by atoms with Crippen LogP contribution < -0.4 is 5.32 Å². The smallest absolute Gasteiger partial charge is 0.0576 e. The molecule has 1 N–H and O–H groups in total. The summed E-state index contributed by atoms with van der Waals surface area (Å²) < 4.78 is 5.70. The van der Waals surface area contributed by atoms with Gasteiger partial charge in [0.25, 0.3) is 0 Å². The minimum atomic E-state index is 0.572. The molecule has 0 radical (unpaired) electrons. The minimum Gasteiger partial charge on any atom is -0.378 e. The lowest BCUT2D eigenvalue weighted by molar-refractivity contribution is 0.0954. The van der Waals surface area contributed by atoms with Gasteiger partial charge in [-0.15, -0.1) is 0 Å². The first kappa shape index (κ1) is 12.9. The molecule has 0 saturated carbocycles. The Bertz CT molecular complexity index is 253. The summed E-state index contributed by atoms with van der Waals surface area (Å²) in [6.45, 7) is 2.25. The first-order chi connectivity index (χ1) is 8.81. The van der Waals surface area contributed by atoms with Crippen molar-refractivity contribution >= 4 is 0 Å². The van der Waals surface area contributed by atoms with Gasteiger partial charge in [0.2, 0.25) is 0 Å². The van der Waals surface area contributed by atoms with Crippen LogP contribution in [0.2, 0.25) is 0 Å². The fourth-order valence-corrected chi connectivity index (χ4v) is 4.01. The fraction of sp³-hybridized carbons (Fsp3) is 1.00. The summed E-state index contributed by atoms with van der Waals surface area (Å²) in [6.07, 6.45) is 11.3. The molecule has 104 valence electrons. The van der Waals surface area contributed by atoms with Crippen LogP contribution in [0.25, 0.3) is 0 Å². The molecule has 0 aromatic heterocycles. The van der Waals surface area contributed by atoms with Crippen molar-refractivity contribution in [1.82, 2.24) is 10.2 Å². The molecule has 3 unspecified atom stereocenters. The average Bonchev–Trinajstić information content (AvgIpc) is 2.99. The maximum absolute atomic E-state index is 5.70. The molecule has 3 aliphatic heterocycles. The Labute approximate surface area is 111 Å². The first-order valence-electron chi connectivity index (χ1n) is 7.89. The molecule has 3 heterocycles. The maximum Gasteiger partial charge on any atom is 0.0576 e. The van der Waals surface area contributed by atoms with Crippen molar-refractivity contribution in [2.24, 2.45) is 0 Å². The van der Waals surface area contributed by atoms with Crippen LogP contribution in [0.1, 0.15) is 51.4 Å². The van der Waals surface area contributed by atoms with E-state index in [1.165, 1.54) is 57.9 Å². The number of nitrogens with zero attached hydrogens (tertiary/aromatic N) is 1. The van der Waals surface area contributed by atoms with Crippen LogP contribution in [0.15, 0.2) is 0 Å². The van der Waals surface area contributed by atoms with Crippen LogP contribution in [-0.4, -0.2) is 49.3 Å². The van der Waals surface area contributed by atoms with Gasteiger partial charge in [-0.25, -0.2) is 0 Å². The van der Waals surface area contributed by atoms with Crippen LogP contribution >= 0.6 is 0 Å². The van der Waals surface area contributed by atoms with Gasteiger partial charge in [0, 0.05) is 24.7 Å². The van der Waals surface area contributed by atoms with E-state index in [0.717, 1.165) is 24.7 Å². The average molecular weight is 252 g/mol. The number of ether oxygens (including phenoxy) is 1. The number of nitrogens with one attached hydrogen (secondary N) is 1. The van der Waals surface area contributed by atoms with E-state index >= 15 is 0 Å². The summed E-state index contributed by atoms with van der Waals surface area (Å²) in [5.74, 6) is 0. The van der Waals surface area contributed by atoms with Crippen LogP contribution in [0.3, 0.4) is 0 Å². The van der Waals surface area contributed by atoms with E-state index in [1.54, 1.807) is 0 Å². The van der Waals surface area contributed by atoms with Crippen molar-refractivity contribution in [3.63, 3.8) is 0 Å². The van der Waals surface area contributed by atoms with E-state index in [2.05, 4.69) is 17.3 Å². The van der Waals surface area contributed by atoms with E-state index in [4.69, 9.17) is 4.74 Å². The lowest BCUT2D eigenvalue weighted by Gasteiger charge is -2.35. The zero-order valence-corrected chi connectivity index (χ0v) is 11.7. The van der Waals surface area contributed by atoms with Crippen LogP contribution in [0, 0.1) is 0 Å². The van der Waals surface area contributed by atoms with Crippen LogP contribution in [0.5, 0.6) is 0 Å². The zero-order valence-electron chi connectivity index (χ0n) is 11.7. The zero-order chi connectivity index (χ0) is 12.4. The van der Waals surface area contributed by atoms with E-state index in [9.17, 15) is 0 Å². The van der Waals surface area contributed by atoms with Crippen LogP contribution in [0.4, 0.5) is 0 Å². The van der Waals surface area contributed by atoms with E-state index < -0.39 is 0 Å². The third kappa shape index (κ3) is 3.06. The molecule has 3 aliphatic rings. The monoisotopic (exact) mass is 252 g/mol. The molecule has 0 aliphatic carbocycles. The van der Waals surface area contributed by atoms with Gasteiger partial charge in [-0.1, -0.05) is 0 Å². The predicted molar refractivity (Wildman–Crippen MR) is 73.8 cm³/mol. The molecular weight excluding hydrogens is 224 g/mol. The summed E-state index contributed by atoms with van der Waals surface area (Å²) in [4.78, 5) is 2.61. The second-order valence-electron chi connectivity index (χ2n) is 6.52. The van der Waals surface area contributed by atoms with Gasteiger partial charge in [-0.2, -0.15) is 0 Å². The summed E-state index contributed by atoms with van der Waals surface area (Å²) in [5.41, 5.74) is 0. The topological polar surface area (TPSA) is 24.5 Å². The molecule has 3 atom stereocenters. The molecule has 3 saturated heterocycles. The Kier molecular flexibility index (Phi) is 4.22. The third-order valence-electron chi connectivity index (χ3n) is 5.13. The highest BCUT2D eigenvalue weighted by Gasteiger charge is 2.34. The third-order valence-corrected chi connectivity index (χ3v) is 5.13. The van der Waals surface area contributed by atoms with Gasteiger partial charge in [-0.3, -0.25) is 0 Å². The Hall–Kier alpha value is -0.120. The van der Waals surface area contributed by atoms with Crippen molar-refractivity contribution < 1.29 is 4.74 Å². The van der Waals surface area contributed by atoms with Gasteiger partial charge in [0.15, 0.2) is 0 Å². The van der Waals surface area contributed by atoms with Gasteiger partial charge < -0.3 is 15.0 Å². The molecule has 3 nitrogen and oxygen atoms in total. The molecule has 3 fully saturated rings. The lowest BCUT2D eigenvalue weighted by Crippen LogP contribution is -2.47. The van der Waals surface area contributed by atoms with Crippen molar-refractivity contribution in [2.45, 2.75) is 75.6 Å². The van der Waals surface area contributed by atoms with Gasteiger partial charge >= 0.3 is 0 Å². The van der Waals surface area contributed by atoms with Crippen molar-refractivity contribution in [1.29, 1.82) is 0 Å². The van der Waals surface area contributed by atoms with Crippen molar-refractivity contribution in [3.05, 3.63) is 0 Å². The number of rotatable bonds is 5. The quantitative estimate of drug-likeness (QED) is 0.811. The normalized spacial score (nSPS) is 39.7. The highest BCUT2D eigenvalue weighted by atomic mass is 16.5. The molecule has 0 aromatic rings. The Morgan fingerprint density at radius 1 is 1.17 bits per heavy atom. The SMILES string of the molecule is CN(CCCC1CCCO1)C1CC2CCC(C1)N2. The molecule has 0 amide bonds. The fourth-order valence-electron chi connectivity index (χ4n) is 4.01. The molecule has 0 aromatic carbocycles. The second-order valence-corrected chi connectivity index (χ2v) is 6.52. The molecule has 2 bridgehead atoms. The summed E-state index contributed by atoms with van der Waals surface area (Å²) >= 11 is 0. The number of hydrogen-bond donors (Lipinski definition) is 1. The number of piperidine rings is 1. The molecular formula is C15H28N2O. The highest BCUT2D eigenvalue weighted by Crippen LogP contribution is 2.29. The maximum atomic E-state index is 5.70. The molecule has 3 rings (SSSR count). The van der Waals surface area contributed by atoms with Crippen molar-refractivity contribution in [3.8, 4) is 0 Å².